The van der Waals surface area contributed by atoms with E-state index in [-0.39, 0.29) is 30.9 Å². The highest BCUT2D eigenvalue weighted by Crippen LogP contribution is 2.38. The van der Waals surface area contributed by atoms with Crippen molar-refractivity contribution in [1.82, 2.24) is 9.97 Å². The number of benzene rings is 2. The van der Waals surface area contributed by atoms with Crippen LogP contribution in [0.2, 0.25) is 0 Å². The van der Waals surface area contributed by atoms with E-state index in [0.717, 1.165) is 37.1 Å². The Morgan fingerprint density at radius 1 is 1.15 bits per heavy atom. The third-order valence-electron chi connectivity index (χ3n) is 6.98. The highest BCUT2D eigenvalue weighted by molar-refractivity contribution is 5.88. The van der Waals surface area contributed by atoms with Crippen molar-refractivity contribution in [3.05, 3.63) is 71.5 Å². The third kappa shape index (κ3) is 6.65. The molecule has 1 aromatic heterocycles. The first-order chi connectivity index (χ1) is 18.6. The quantitative estimate of drug-likeness (QED) is 0.220. The molecular formula is C28H31F3N6O2. The summed E-state index contributed by atoms with van der Waals surface area (Å²) in [6, 6.07) is 14.5. The Labute approximate surface area is 225 Å². The molecule has 1 atom stereocenters. The molecule has 0 saturated heterocycles. The number of nitrogens with one attached hydrogen (secondary N) is 1. The zero-order chi connectivity index (χ0) is 28.2. The van der Waals surface area contributed by atoms with Gasteiger partial charge in [-0.2, -0.15) is 13.2 Å². The van der Waals surface area contributed by atoms with Crippen molar-refractivity contribution >= 4 is 35.7 Å². The summed E-state index contributed by atoms with van der Waals surface area (Å²) in [4.78, 5) is 28.2. The number of halogens is 3. The van der Waals surface area contributed by atoms with Crippen LogP contribution in [0.1, 0.15) is 47.9 Å². The number of alkyl halides is 3. The average Bonchev–Trinajstić information content (AvgIpc) is 2.87. The standard InChI is InChI=1S/C28H31F3N6O2/c1-18(20-8-7-9-20)33-25-23(24(32-2)34-26(35-25)27(38)39)37(17-36(3)22-10-5-4-6-11-22)16-19-12-14-21(15-13-19)28(29,30)31/h4-6,10-15,18,20H,2,7-9,16-17H2,1,3H3,(H,38,39)(H,33,34,35)/t18-/m1/s1. The SMILES string of the molecule is C=Nc1nc(C(=O)O)nc(N[C@H](C)C2CCC2)c1N(Cc1ccc(C(F)(F)F)cc1)CN(C)c1ccccc1. The molecule has 3 aromatic rings. The van der Waals surface area contributed by atoms with E-state index in [2.05, 4.69) is 27.0 Å². The summed E-state index contributed by atoms with van der Waals surface area (Å²) in [7, 11) is 1.88. The minimum absolute atomic E-state index is 0.00600. The number of para-hydroxylation sites is 1. The van der Waals surface area contributed by atoms with Crippen LogP contribution < -0.4 is 15.1 Å². The van der Waals surface area contributed by atoms with Gasteiger partial charge in [-0.3, -0.25) is 0 Å². The number of carbonyl (C=O) groups is 1. The zero-order valence-electron chi connectivity index (χ0n) is 21.8. The Kier molecular flexibility index (Phi) is 8.37. The van der Waals surface area contributed by atoms with E-state index < -0.39 is 23.5 Å². The molecule has 39 heavy (non-hydrogen) atoms. The maximum absolute atomic E-state index is 13.2. The maximum Gasteiger partial charge on any atom is 0.416 e. The molecule has 0 aliphatic heterocycles. The number of nitrogens with zero attached hydrogens (tertiary/aromatic N) is 5. The molecule has 4 rings (SSSR count). The molecule has 0 unspecified atom stereocenters. The van der Waals surface area contributed by atoms with Crippen molar-refractivity contribution in [3.8, 4) is 0 Å². The highest BCUT2D eigenvalue weighted by Gasteiger charge is 2.31. The lowest BCUT2D eigenvalue weighted by molar-refractivity contribution is -0.137. The van der Waals surface area contributed by atoms with Crippen LogP contribution in [0.4, 0.5) is 36.2 Å². The van der Waals surface area contributed by atoms with E-state index in [9.17, 15) is 23.1 Å². The van der Waals surface area contributed by atoms with Gasteiger partial charge in [0.15, 0.2) is 11.6 Å². The molecule has 2 N–H and O–H groups in total. The first-order valence-corrected chi connectivity index (χ1v) is 12.6. The zero-order valence-corrected chi connectivity index (χ0v) is 21.8. The van der Waals surface area contributed by atoms with Gasteiger partial charge in [0, 0.05) is 25.3 Å². The lowest BCUT2D eigenvalue weighted by Crippen LogP contribution is -2.37. The lowest BCUT2D eigenvalue weighted by Gasteiger charge is -2.35. The van der Waals surface area contributed by atoms with E-state index >= 15 is 0 Å². The molecule has 2 aromatic carbocycles. The van der Waals surface area contributed by atoms with Crippen molar-refractivity contribution in [1.29, 1.82) is 0 Å². The van der Waals surface area contributed by atoms with Gasteiger partial charge in [-0.1, -0.05) is 36.8 Å². The smallest absolute Gasteiger partial charge is 0.416 e. The highest BCUT2D eigenvalue weighted by atomic mass is 19.4. The normalized spacial score (nSPS) is 14.3. The molecule has 8 nitrogen and oxygen atoms in total. The van der Waals surface area contributed by atoms with Crippen LogP contribution in [0.25, 0.3) is 0 Å². The number of aromatic carboxylic acids is 1. The van der Waals surface area contributed by atoms with Crippen molar-refractivity contribution in [2.75, 3.05) is 28.8 Å². The number of anilines is 3. The molecule has 1 aliphatic rings. The minimum atomic E-state index is -4.44. The first-order valence-electron chi connectivity index (χ1n) is 12.6. The lowest BCUT2D eigenvalue weighted by atomic mass is 9.80. The van der Waals surface area contributed by atoms with Crippen LogP contribution in [-0.2, 0) is 12.7 Å². The molecule has 0 amide bonds. The Bertz CT molecular complexity index is 1300. The number of carboxylic acids is 1. The summed E-state index contributed by atoms with van der Waals surface area (Å²) in [5.74, 6) is -0.954. The summed E-state index contributed by atoms with van der Waals surface area (Å²) in [5, 5.41) is 13.0. The largest absolute Gasteiger partial charge is 0.475 e. The van der Waals surface area contributed by atoms with Gasteiger partial charge in [0.25, 0.3) is 0 Å². The molecular weight excluding hydrogens is 509 g/mol. The van der Waals surface area contributed by atoms with Crippen LogP contribution in [0, 0.1) is 5.92 Å². The molecule has 1 aliphatic carbocycles. The van der Waals surface area contributed by atoms with Crippen LogP contribution in [0.15, 0.2) is 59.6 Å². The van der Waals surface area contributed by atoms with E-state index in [1.165, 1.54) is 12.1 Å². The predicted octanol–water partition coefficient (Wildman–Crippen LogP) is 6.23. The van der Waals surface area contributed by atoms with Gasteiger partial charge in [0.05, 0.1) is 12.2 Å². The van der Waals surface area contributed by atoms with Gasteiger partial charge < -0.3 is 20.2 Å². The fourth-order valence-corrected chi connectivity index (χ4v) is 4.55. The predicted molar refractivity (Wildman–Crippen MR) is 146 cm³/mol. The van der Waals surface area contributed by atoms with Crippen molar-refractivity contribution in [2.24, 2.45) is 10.9 Å². The molecule has 1 fully saturated rings. The summed E-state index contributed by atoms with van der Waals surface area (Å²) in [6.45, 7) is 6.09. The minimum Gasteiger partial charge on any atom is -0.475 e. The van der Waals surface area contributed by atoms with Crippen molar-refractivity contribution in [2.45, 2.75) is 44.9 Å². The molecule has 206 valence electrons. The van der Waals surface area contributed by atoms with Crippen LogP contribution in [-0.4, -0.2) is 47.5 Å². The van der Waals surface area contributed by atoms with E-state index in [4.69, 9.17) is 0 Å². The van der Waals surface area contributed by atoms with Crippen molar-refractivity contribution < 1.29 is 23.1 Å². The summed E-state index contributed by atoms with van der Waals surface area (Å²) < 4.78 is 39.5. The van der Waals surface area contributed by atoms with Gasteiger partial charge in [-0.15, -0.1) is 0 Å². The fraction of sp³-hybridized carbons (Fsp3) is 0.357. The number of hydrogen-bond donors (Lipinski definition) is 2. The van der Waals surface area contributed by atoms with Gasteiger partial charge in [-0.25, -0.2) is 19.8 Å². The molecule has 0 radical (unpaired) electrons. The number of hydrogen-bond acceptors (Lipinski definition) is 7. The Balaban J connectivity index is 1.78. The van der Waals surface area contributed by atoms with Crippen molar-refractivity contribution in [3.63, 3.8) is 0 Å². The monoisotopic (exact) mass is 540 g/mol. The second kappa shape index (κ2) is 11.7. The first kappa shape index (κ1) is 27.9. The number of carboxylic acid groups (broad SMARTS) is 1. The second-order valence-corrected chi connectivity index (χ2v) is 9.72. The van der Waals surface area contributed by atoms with Gasteiger partial charge in [0.1, 0.15) is 5.69 Å². The van der Waals surface area contributed by atoms with Gasteiger partial charge in [0.2, 0.25) is 5.82 Å². The average molecular weight is 541 g/mol. The van der Waals surface area contributed by atoms with Crippen LogP contribution in [0.5, 0.6) is 0 Å². The van der Waals surface area contributed by atoms with Gasteiger partial charge >= 0.3 is 12.1 Å². The van der Waals surface area contributed by atoms with E-state index in [1.807, 2.05) is 54.1 Å². The summed E-state index contributed by atoms with van der Waals surface area (Å²) >= 11 is 0. The molecule has 11 heteroatoms. The topological polar surface area (TPSA) is 93.9 Å². The Hall–Kier alpha value is -4.15. The fourth-order valence-electron chi connectivity index (χ4n) is 4.55. The van der Waals surface area contributed by atoms with E-state index in [0.29, 0.717) is 17.2 Å². The summed E-state index contributed by atoms with van der Waals surface area (Å²) in [5.41, 5.74) is 1.20. The third-order valence-corrected chi connectivity index (χ3v) is 6.98. The number of aromatic nitrogens is 2. The van der Waals surface area contributed by atoms with Crippen LogP contribution in [0.3, 0.4) is 0 Å². The summed E-state index contributed by atoms with van der Waals surface area (Å²) in [6.07, 6.45) is -1.20. The van der Waals surface area contributed by atoms with Gasteiger partial charge in [-0.05, 0) is 62.2 Å². The molecule has 1 heterocycles. The van der Waals surface area contributed by atoms with Crippen LogP contribution >= 0.6 is 0 Å². The maximum atomic E-state index is 13.2. The number of aliphatic imine (C=N–C) groups is 1. The molecule has 0 spiro atoms. The molecule has 1 saturated carbocycles. The molecule has 0 bridgehead atoms. The Morgan fingerprint density at radius 2 is 1.82 bits per heavy atom. The number of rotatable bonds is 11. The Morgan fingerprint density at radius 3 is 2.36 bits per heavy atom. The second-order valence-electron chi connectivity index (χ2n) is 9.72. The van der Waals surface area contributed by atoms with E-state index in [1.54, 1.807) is 0 Å².